The highest BCUT2D eigenvalue weighted by molar-refractivity contribution is 6.06. The van der Waals surface area contributed by atoms with E-state index in [2.05, 4.69) is 10.1 Å². The number of nitrogens with zero attached hydrogens (tertiary/aromatic N) is 1. The SMILES string of the molecule is CC(C)CN1C(=O)NC(=N)C1c1ccccc1OC(F)F. The molecule has 1 aromatic rings. The first-order chi connectivity index (χ1) is 9.90. The fourth-order valence-electron chi connectivity index (χ4n) is 2.34. The first-order valence-corrected chi connectivity index (χ1v) is 6.60. The zero-order valence-corrected chi connectivity index (χ0v) is 11.8. The number of urea groups is 1. The van der Waals surface area contributed by atoms with Crippen LogP contribution in [0.25, 0.3) is 0 Å². The monoisotopic (exact) mass is 297 g/mol. The van der Waals surface area contributed by atoms with E-state index in [1.807, 2.05) is 13.8 Å². The summed E-state index contributed by atoms with van der Waals surface area (Å²) in [6.45, 7) is 1.34. The number of ether oxygens (including phenoxy) is 1. The van der Waals surface area contributed by atoms with Crippen LogP contribution in [0.1, 0.15) is 25.5 Å². The molecule has 1 heterocycles. The summed E-state index contributed by atoms with van der Waals surface area (Å²) in [5.41, 5.74) is 0.377. The second kappa shape index (κ2) is 6.07. The number of hydrogen-bond donors (Lipinski definition) is 2. The van der Waals surface area contributed by atoms with Gasteiger partial charge in [-0.25, -0.2) is 4.79 Å². The van der Waals surface area contributed by atoms with Crippen LogP contribution in [0.5, 0.6) is 5.75 Å². The van der Waals surface area contributed by atoms with Crippen molar-refractivity contribution in [3.05, 3.63) is 29.8 Å². The Morgan fingerprint density at radius 2 is 2.05 bits per heavy atom. The van der Waals surface area contributed by atoms with Crippen LogP contribution in [0.15, 0.2) is 24.3 Å². The largest absolute Gasteiger partial charge is 0.434 e. The van der Waals surface area contributed by atoms with E-state index in [-0.39, 0.29) is 17.5 Å². The molecule has 7 heteroatoms. The Morgan fingerprint density at radius 3 is 2.67 bits per heavy atom. The van der Waals surface area contributed by atoms with Gasteiger partial charge >= 0.3 is 12.6 Å². The van der Waals surface area contributed by atoms with Gasteiger partial charge in [-0.2, -0.15) is 8.78 Å². The molecule has 0 spiro atoms. The fourth-order valence-corrected chi connectivity index (χ4v) is 2.34. The third-order valence-electron chi connectivity index (χ3n) is 3.08. The zero-order valence-electron chi connectivity index (χ0n) is 11.8. The van der Waals surface area contributed by atoms with Crippen LogP contribution in [-0.4, -0.2) is 29.9 Å². The minimum Gasteiger partial charge on any atom is -0.434 e. The lowest BCUT2D eigenvalue weighted by Crippen LogP contribution is -2.33. The van der Waals surface area contributed by atoms with E-state index in [9.17, 15) is 13.6 Å². The van der Waals surface area contributed by atoms with E-state index in [1.165, 1.54) is 11.0 Å². The number of amidine groups is 1. The van der Waals surface area contributed by atoms with Crippen molar-refractivity contribution in [1.82, 2.24) is 10.2 Å². The van der Waals surface area contributed by atoms with Gasteiger partial charge in [-0.1, -0.05) is 32.0 Å². The van der Waals surface area contributed by atoms with Gasteiger partial charge in [0.15, 0.2) is 0 Å². The normalized spacial score (nSPS) is 18.6. The number of hydrogen-bond acceptors (Lipinski definition) is 3. The number of rotatable bonds is 5. The highest BCUT2D eigenvalue weighted by Crippen LogP contribution is 2.33. The van der Waals surface area contributed by atoms with Crippen molar-refractivity contribution in [2.45, 2.75) is 26.5 Å². The summed E-state index contributed by atoms with van der Waals surface area (Å²) in [4.78, 5) is 13.4. The first-order valence-electron chi connectivity index (χ1n) is 6.60. The molecule has 21 heavy (non-hydrogen) atoms. The van der Waals surface area contributed by atoms with Gasteiger partial charge in [0.2, 0.25) is 0 Å². The summed E-state index contributed by atoms with van der Waals surface area (Å²) in [6.07, 6.45) is 0. The predicted molar refractivity (Wildman–Crippen MR) is 73.6 cm³/mol. The Labute approximate surface area is 121 Å². The smallest absolute Gasteiger partial charge is 0.387 e. The minimum absolute atomic E-state index is 0.0208. The average Bonchev–Trinajstić information content (AvgIpc) is 2.64. The van der Waals surface area contributed by atoms with Gasteiger partial charge < -0.3 is 9.64 Å². The van der Waals surface area contributed by atoms with Crippen molar-refractivity contribution >= 4 is 11.9 Å². The number of benzene rings is 1. The minimum atomic E-state index is -2.95. The van der Waals surface area contributed by atoms with Crippen LogP contribution in [0.2, 0.25) is 0 Å². The molecular formula is C14H17F2N3O2. The summed E-state index contributed by atoms with van der Waals surface area (Å²) in [5.74, 6) is 0.130. The molecule has 0 aromatic heterocycles. The van der Waals surface area contributed by atoms with Crippen LogP contribution in [-0.2, 0) is 0 Å². The van der Waals surface area contributed by atoms with Gasteiger partial charge in [0, 0.05) is 12.1 Å². The Hall–Kier alpha value is -2.18. The zero-order chi connectivity index (χ0) is 15.6. The average molecular weight is 297 g/mol. The molecule has 1 saturated heterocycles. The van der Waals surface area contributed by atoms with Crippen LogP contribution in [0.3, 0.4) is 0 Å². The van der Waals surface area contributed by atoms with Gasteiger partial charge in [0.05, 0.1) is 0 Å². The number of carbonyl (C=O) groups is 1. The maximum Gasteiger partial charge on any atom is 0.387 e. The lowest BCUT2D eigenvalue weighted by Gasteiger charge is -2.26. The maximum absolute atomic E-state index is 12.5. The molecule has 2 rings (SSSR count). The lowest BCUT2D eigenvalue weighted by molar-refractivity contribution is -0.0507. The number of alkyl halides is 2. The molecule has 114 valence electrons. The number of carbonyl (C=O) groups excluding carboxylic acids is 1. The standard InChI is InChI=1S/C14H17F2N3O2/c1-8(2)7-19-11(12(17)18-14(19)20)9-5-3-4-6-10(9)21-13(15)16/h3-6,8,11,13H,7H2,1-2H3,(H2,17,18,20). The third kappa shape index (κ3) is 3.29. The van der Waals surface area contributed by atoms with Gasteiger partial charge in [0.25, 0.3) is 0 Å². The van der Waals surface area contributed by atoms with Crippen molar-refractivity contribution in [3.63, 3.8) is 0 Å². The molecular weight excluding hydrogens is 280 g/mol. The highest BCUT2D eigenvalue weighted by atomic mass is 19.3. The maximum atomic E-state index is 12.5. The van der Waals surface area contributed by atoms with E-state index >= 15 is 0 Å². The molecule has 0 radical (unpaired) electrons. The fraction of sp³-hybridized carbons (Fsp3) is 0.429. The number of amides is 2. The molecule has 1 aliphatic rings. The molecule has 2 N–H and O–H groups in total. The summed E-state index contributed by atoms with van der Waals surface area (Å²) in [5, 5.41) is 10.3. The molecule has 0 aliphatic carbocycles. The van der Waals surface area contributed by atoms with Crippen LogP contribution < -0.4 is 10.1 Å². The quantitative estimate of drug-likeness (QED) is 0.877. The van der Waals surface area contributed by atoms with Crippen molar-refractivity contribution in [1.29, 1.82) is 5.41 Å². The molecule has 5 nitrogen and oxygen atoms in total. The topological polar surface area (TPSA) is 65.4 Å². The summed E-state index contributed by atoms with van der Waals surface area (Å²) < 4.78 is 29.5. The first kappa shape index (κ1) is 15.2. The third-order valence-corrected chi connectivity index (χ3v) is 3.08. The molecule has 1 unspecified atom stereocenters. The molecule has 2 amide bonds. The van der Waals surface area contributed by atoms with Crippen LogP contribution >= 0.6 is 0 Å². The molecule has 1 atom stereocenters. The van der Waals surface area contributed by atoms with Crippen molar-refractivity contribution in [2.24, 2.45) is 5.92 Å². The Kier molecular flexibility index (Phi) is 4.40. The molecule has 1 aliphatic heterocycles. The second-order valence-corrected chi connectivity index (χ2v) is 5.21. The summed E-state index contributed by atoms with van der Waals surface area (Å²) in [7, 11) is 0. The van der Waals surface area contributed by atoms with Gasteiger partial charge in [-0.15, -0.1) is 0 Å². The van der Waals surface area contributed by atoms with E-state index in [4.69, 9.17) is 5.41 Å². The summed E-state index contributed by atoms with van der Waals surface area (Å²) >= 11 is 0. The Bertz CT molecular complexity index is 549. The van der Waals surface area contributed by atoms with Gasteiger partial charge in [-0.05, 0) is 12.0 Å². The number of para-hydroxylation sites is 1. The van der Waals surface area contributed by atoms with Gasteiger partial charge in [0.1, 0.15) is 17.6 Å². The van der Waals surface area contributed by atoms with Crippen LogP contribution in [0.4, 0.5) is 13.6 Å². The number of halogens is 2. The number of nitrogens with one attached hydrogen (secondary N) is 2. The lowest BCUT2D eigenvalue weighted by atomic mass is 10.0. The highest BCUT2D eigenvalue weighted by Gasteiger charge is 2.38. The molecule has 0 saturated carbocycles. The van der Waals surface area contributed by atoms with E-state index in [0.29, 0.717) is 12.1 Å². The predicted octanol–water partition coefficient (Wildman–Crippen LogP) is 2.99. The van der Waals surface area contributed by atoms with E-state index < -0.39 is 18.7 Å². The molecule has 1 fully saturated rings. The van der Waals surface area contributed by atoms with Crippen LogP contribution in [0, 0.1) is 11.3 Å². The second-order valence-electron chi connectivity index (χ2n) is 5.21. The molecule has 0 bridgehead atoms. The van der Waals surface area contributed by atoms with Crippen molar-refractivity contribution in [2.75, 3.05) is 6.54 Å². The van der Waals surface area contributed by atoms with Crippen molar-refractivity contribution in [3.8, 4) is 5.75 Å². The van der Waals surface area contributed by atoms with Gasteiger partial charge in [-0.3, -0.25) is 10.7 Å². The molecule has 1 aromatic carbocycles. The van der Waals surface area contributed by atoms with E-state index in [1.54, 1.807) is 18.2 Å². The Morgan fingerprint density at radius 1 is 1.38 bits per heavy atom. The Balaban J connectivity index is 2.38. The summed E-state index contributed by atoms with van der Waals surface area (Å²) in [6, 6.07) is 5.11. The van der Waals surface area contributed by atoms with Crippen molar-refractivity contribution < 1.29 is 18.3 Å². The van der Waals surface area contributed by atoms with E-state index in [0.717, 1.165) is 0 Å².